The van der Waals surface area contributed by atoms with Crippen LogP contribution in [-0.4, -0.2) is 55.5 Å². The second-order valence-corrected chi connectivity index (χ2v) is 5.81. The number of rotatable bonds is 5. The minimum Gasteiger partial charge on any atom is -0.497 e. The third-order valence-electron chi connectivity index (χ3n) is 3.31. The molecule has 1 aliphatic rings. The van der Waals surface area contributed by atoms with E-state index in [4.69, 9.17) is 14.2 Å². The molecule has 0 radical (unpaired) electrons. The molecule has 2 rings (SSSR count). The Kier molecular flexibility index (Phi) is 4.96. The van der Waals surface area contributed by atoms with Crippen LogP contribution in [0.1, 0.15) is 19.5 Å². The highest BCUT2D eigenvalue weighted by atomic mass is 16.5. The molecular formula is C15H24N2O3. The Morgan fingerprint density at radius 2 is 2.25 bits per heavy atom. The van der Waals surface area contributed by atoms with E-state index in [-0.39, 0.29) is 11.7 Å². The molecule has 1 atom stereocenters. The quantitative estimate of drug-likeness (QED) is 0.821. The maximum atomic E-state index is 6.02. The highest BCUT2D eigenvalue weighted by Gasteiger charge is 2.33. The van der Waals surface area contributed by atoms with Gasteiger partial charge in [-0.25, -0.2) is 0 Å². The second kappa shape index (κ2) is 6.52. The maximum absolute atomic E-state index is 6.02. The summed E-state index contributed by atoms with van der Waals surface area (Å²) in [5.41, 5.74) is 0.846. The summed E-state index contributed by atoms with van der Waals surface area (Å²) < 4.78 is 16.5. The van der Waals surface area contributed by atoms with Crippen molar-refractivity contribution >= 4 is 0 Å². The highest BCUT2D eigenvalue weighted by molar-refractivity contribution is 5.22. The molecule has 112 valence electrons. The first-order valence-electron chi connectivity index (χ1n) is 6.90. The molecule has 1 aliphatic heterocycles. The van der Waals surface area contributed by atoms with Gasteiger partial charge in [0.2, 0.25) is 0 Å². The van der Waals surface area contributed by atoms with Gasteiger partial charge in [0, 0.05) is 39.0 Å². The topological polar surface area (TPSA) is 43.8 Å². The molecule has 1 aromatic heterocycles. The van der Waals surface area contributed by atoms with Gasteiger partial charge in [0.05, 0.1) is 31.1 Å². The van der Waals surface area contributed by atoms with Crippen LogP contribution in [0.4, 0.5) is 0 Å². The van der Waals surface area contributed by atoms with Crippen LogP contribution >= 0.6 is 0 Å². The molecule has 0 bridgehead atoms. The molecule has 0 aliphatic carbocycles. The van der Waals surface area contributed by atoms with E-state index in [1.54, 1.807) is 20.4 Å². The molecule has 0 saturated carbocycles. The lowest BCUT2D eigenvalue weighted by atomic mass is 10.0. The van der Waals surface area contributed by atoms with E-state index >= 15 is 0 Å². The number of hydrogen-bond acceptors (Lipinski definition) is 5. The Balaban J connectivity index is 2.03. The molecule has 5 heteroatoms. The number of aromatic nitrogens is 1. The van der Waals surface area contributed by atoms with Crippen molar-refractivity contribution in [3.63, 3.8) is 0 Å². The predicted octanol–water partition coefficient (Wildman–Crippen LogP) is 1.72. The summed E-state index contributed by atoms with van der Waals surface area (Å²) in [6.45, 7) is 7.37. The third kappa shape index (κ3) is 4.16. The summed E-state index contributed by atoms with van der Waals surface area (Å²) in [6, 6.07) is 3.84. The fourth-order valence-corrected chi connectivity index (χ4v) is 2.71. The van der Waals surface area contributed by atoms with Crippen LogP contribution in [0, 0.1) is 0 Å². The van der Waals surface area contributed by atoms with Gasteiger partial charge in [0.15, 0.2) is 0 Å². The smallest absolute Gasteiger partial charge is 0.122 e. The van der Waals surface area contributed by atoms with Crippen molar-refractivity contribution in [1.29, 1.82) is 0 Å². The van der Waals surface area contributed by atoms with E-state index in [1.165, 1.54) is 0 Å². The summed E-state index contributed by atoms with van der Waals surface area (Å²) in [5, 5.41) is 0. The average molecular weight is 280 g/mol. The number of ether oxygens (including phenoxy) is 3. The van der Waals surface area contributed by atoms with Crippen LogP contribution in [0.15, 0.2) is 18.3 Å². The Bertz CT molecular complexity index is 437. The van der Waals surface area contributed by atoms with Crippen LogP contribution < -0.4 is 4.74 Å². The van der Waals surface area contributed by atoms with Crippen LogP contribution in [0.25, 0.3) is 0 Å². The third-order valence-corrected chi connectivity index (χ3v) is 3.31. The molecular weight excluding hydrogens is 256 g/mol. The van der Waals surface area contributed by atoms with Crippen molar-refractivity contribution in [2.24, 2.45) is 0 Å². The molecule has 1 aromatic rings. The molecule has 1 fully saturated rings. The molecule has 20 heavy (non-hydrogen) atoms. The predicted molar refractivity (Wildman–Crippen MR) is 76.9 cm³/mol. The molecule has 0 unspecified atom stereocenters. The van der Waals surface area contributed by atoms with E-state index in [2.05, 4.69) is 23.7 Å². The Morgan fingerprint density at radius 3 is 2.95 bits per heavy atom. The van der Waals surface area contributed by atoms with Crippen molar-refractivity contribution in [2.75, 3.05) is 33.9 Å². The number of morpholine rings is 1. The Hall–Kier alpha value is -1.17. The van der Waals surface area contributed by atoms with E-state index < -0.39 is 0 Å². The molecule has 0 aromatic carbocycles. The van der Waals surface area contributed by atoms with E-state index in [1.807, 2.05) is 12.1 Å². The normalized spacial score (nSPS) is 22.7. The largest absolute Gasteiger partial charge is 0.497 e. The Morgan fingerprint density at radius 1 is 1.45 bits per heavy atom. The Labute approximate surface area is 120 Å². The van der Waals surface area contributed by atoms with Gasteiger partial charge in [0.25, 0.3) is 0 Å². The molecule has 0 spiro atoms. The minimum atomic E-state index is -0.166. The van der Waals surface area contributed by atoms with Crippen molar-refractivity contribution in [2.45, 2.75) is 32.1 Å². The zero-order valence-electron chi connectivity index (χ0n) is 12.8. The van der Waals surface area contributed by atoms with Gasteiger partial charge < -0.3 is 14.2 Å². The lowest BCUT2D eigenvalue weighted by Crippen LogP contribution is -2.53. The van der Waals surface area contributed by atoms with E-state index in [9.17, 15) is 0 Å². The fraction of sp³-hybridized carbons (Fsp3) is 0.667. The van der Waals surface area contributed by atoms with Crippen LogP contribution in [0.2, 0.25) is 0 Å². The number of nitrogens with zero attached hydrogens (tertiary/aromatic N) is 2. The van der Waals surface area contributed by atoms with Gasteiger partial charge in [-0.05, 0) is 19.9 Å². The van der Waals surface area contributed by atoms with Crippen molar-refractivity contribution in [1.82, 2.24) is 9.88 Å². The van der Waals surface area contributed by atoms with Gasteiger partial charge in [-0.2, -0.15) is 0 Å². The van der Waals surface area contributed by atoms with Gasteiger partial charge in [-0.3, -0.25) is 9.88 Å². The molecule has 1 saturated heterocycles. The summed E-state index contributed by atoms with van der Waals surface area (Å²) in [6.07, 6.45) is 1.89. The average Bonchev–Trinajstić information content (AvgIpc) is 2.37. The highest BCUT2D eigenvalue weighted by Crippen LogP contribution is 2.23. The SMILES string of the molecule is COC[C@@H]1CN(Cc2cc(OC)ccn2)CC(C)(C)O1. The number of pyridine rings is 1. The minimum absolute atomic E-state index is 0.106. The van der Waals surface area contributed by atoms with Gasteiger partial charge >= 0.3 is 0 Å². The van der Waals surface area contributed by atoms with E-state index in [0.29, 0.717) is 6.61 Å². The first-order valence-corrected chi connectivity index (χ1v) is 6.90. The number of hydrogen-bond donors (Lipinski definition) is 0. The van der Waals surface area contributed by atoms with Crippen molar-refractivity contribution in [3.8, 4) is 5.75 Å². The van der Waals surface area contributed by atoms with Crippen LogP contribution in [0.5, 0.6) is 5.75 Å². The molecule has 0 N–H and O–H groups in total. The van der Waals surface area contributed by atoms with Crippen molar-refractivity contribution in [3.05, 3.63) is 24.0 Å². The summed E-state index contributed by atoms with van der Waals surface area (Å²) in [4.78, 5) is 6.76. The zero-order chi connectivity index (χ0) is 14.6. The lowest BCUT2D eigenvalue weighted by Gasteiger charge is -2.42. The first-order chi connectivity index (χ1) is 9.52. The van der Waals surface area contributed by atoms with Crippen LogP contribution in [0.3, 0.4) is 0 Å². The van der Waals surface area contributed by atoms with Gasteiger partial charge in [-0.15, -0.1) is 0 Å². The van der Waals surface area contributed by atoms with E-state index in [0.717, 1.165) is 31.1 Å². The maximum Gasteiger partial charge on any atom is 0.122 e. The zero-order valence-corrected chi connectivity index (χ0v) is 12.8. The molecule has 2 heterocycles. The van der Waals surface area contributed by atoms with Gasteiger partial charge in [0.1, 0.15) is 5.75 Å². The monoisotopic (exact) mass is 280 g/mol. The fourth-order valence-electron chi connectivity index (χ4n) is 2.71. The number of methoxy groups -OCH3 is 2. The summed E-state index contributed by atoms with van der Waals surface area (Å²) >= 11 is 0. The van der Waals surface area contributed by atoms with Crippen molar-refractivity contribution < 1.29 is 14.2 Å². The van der Waals surface area contributed by atoms with Crippen LogP contribution in [-0.2, 0) is 16.0 Å². The summed E-state index contributed by atoms with van der Waals surface area (Å²) in [5.74, 6) is 0.843. The summed E-state index contributed by atoms with van der Waals surface area (Å²) in [7, 11) is 3.38. The first kappa shape index (κ1) is 15.2. The standard InChI is InChI=1S/C15H24N2O3/c1-15(2)11-17(9-14(20-15)10-18-3)8-12-7-13(19-4)5-6-16-12/h5-7,14H,8-11H2,1-4H3/t14-/m0/s1. The second-order valence-electron chi connectivity index (χ2n) is 5.81. The molecule has 5 nitrogen and oxygen atoms in total. The molecule has 0 amide bonds. The lowest BCUT2D eigenvalue weighted by molar-refractivity contribution is -0.154. The van der Waals surface area contributed by atoms with Gasteiger partial charge in [-0.1, -0.05) is 0 Å².